The molecule has 1 fully saturated rings. The van der Waals surface area contributed by atoms with E-state index in [2.05, 4.69) is 10.6 Å². The van der Waals surface area contributed by atoms with Gasteiger partial charge in [-0.15, -0.1) is 0 Å². The minimum atomic E-state index is -0.557. The molecule has 20 heavy (non-hydrogen) atoms. The highest BCUT2D eigenvalue weighted by Crippen LogP contribution is 2.20. The highest BCUT2D eigenvalue weighted by molar-refractivity contribution is 5.98. The van der Waals surface area contributed by atoms with Gasteiger partial charge < -0.3 is 16.4 Å². The Morgan fingerprint density at radius 3 is 2.60 bits per heavy atom. The van der Waals surface area contributed by atoms with E-state index in [1.807, 2.05) is 13.8 Å². The molecule has 2 rings (SSSR count). The van der Waals surface area contributed by atoms with Gasteiger partial charge in [0.15, 0.2) is 0 Å². The maximum Gasteiger partial charge on any atom is 0.251 e. The maximum atomic E-state index is 11.9. The van der Waals surface area contributed by atoms with E-state index in [0.717, 1.165) is 12.8 Å². The first-order chi connectivity index (χ1) is 9.47. The molecule has 0 saturated heterocycles. The summed E-state index contributed by atoms with van der Waals surface area (Å²) in [5, 5.41) is 5.66. The lowest BCUT2D eigenvalue weighted by Gasteiger charge is -2.15. The second-order valence-electron chi connectivity index (χ2n) is 5.59. The Morgan fingerprint density at radius 1 is 1.30 bits per heavy atom. The van der Waals surface area contributed by atoms with Gasteiger partial charge >= 0.3 is 0 Å². The fraction of sp³-hybridized carbons (Fsp3) is 0.467. The molecule has 0 aliphatic heterocycles. The maximum absolute atomic E-state index is 11.9. The predicted molar refractivity (Wildman–Crippen MR) is 78.4 cm³/mol. The monoisotopic (exact) mass is 275 g/mol. The number of nitrogens with one attached hydrogen (secondary N) is 2. The van der Waals surface area contributed by atoms with Crippen LogP contribution in [0.2, 0.25) is 0 Å². The summed E-state index contributed by atoms with van der Waals surface area (Å²) < 4.78 is 0. The van der Waals surface area contributed by atoms with E-state index < -0.39 is 6.04 Å². The van der Waals surface area contributed by atoms with E-state index in [4.69, 9.17) is 5.73 Å². The van der Waals surface area contributed by atoms with Gasteiger partial charge in [-0.05, 0) is 37.0 Å². The van der Waals surface area contributed by atoms with Crippen LogP contribution in [0, 0.1) is 5.92 Å². The largest absolute Gasteiger partial charge is 0.349 e. The van der Waals surface area contributed by atoms with Crippen molar-refractivity contribution in [3.63, 3.8) is 0 Å². The molecular weight excluding hydrogens is 254 g/mol. The summed E-state index contributed by atoms with van der Waals surface area (Å²) in [7, 11) is 0. The zero-order chi connectivity index (χ0) is 14.7. The van der Waals surface area contributed by atoms with Crippen LogP contribution in [-0.2, 0) is 4.79 Å². The summed E-state index contributed by atoms with van der Waals surface area (Å²) >= 11 is 0. The van der Waals surface area contributed by atoms with Crippen LogP contribution in [-0.4, -0.2) is 23.9 Å². The molecule has 2 amide bonds. The van der Waals surface area contributed by atoms with Crippen LogP contribution in [0.1, 0.15) is 37.0 Å². The number of amides is 2. The number of carbonyl (C=O) groups excluding carboxylic acids is 2. The van der Waals surface area contributed by atoms with Crippen molar-refractivity contribution in [2.75, 3.05) is 5.32 Å². The van der Waals surface area contributed by atoms with E-state index in [0.29, 0.717) is 17.3 Å². The van der Waals surface area contributed by atoms with Crippen LogP contribution in [0.5, 0.6) is 0 Å². The molecule has 0 aromatic heterocycles. The third-order valence-corrected chi connectivity index (χ3v) is 3.33. The van der Waals surface area contributed by atoms with Gasteiger partial charge in [-0.2, -0.15) is 0 Å². The van der Waals surface area contributed by atoms with Crippen LogP contribution in [0.25, 0.3) is 0 Å². The van der Waals surface area contributed by atoms with Crippen molar-refractivity contribution in [3.8, 4) is 0 Å². The van der Waals surface area contributed by atoms with Crippen molar-refractivity contribution in [1.29, 1.82) is 0 Å². The first-order valence-electron chi connectivity index (χ1n) is 6.94. The number of carbonyl (C=O) groups is 2. The Hall–Kier alpha value is -1.88. The second kappa shape index (κ2) is 6.05. The average molecular weight is 275 g/mol. The highest BCUT2D eigenvalue weighted by atomic mass is 16.2. The van der Waals surface area contributed by atoms with Crippen molar-refractivity contribution < 1.29 is 9.59 Å². The van der Waals surface area contributed by atoms with E-state index in [9.17, 15) is 9.59 Å². The third kappa shape index (κ3) is 3.81. The van der Waals surface area contributed by atoms with Gasteiger partial charge in [-0.3, -0.25) is 9.59 Å². The summed E-state index contributed by atoms with van der Waals surface area (Å²) in [6, 6.07) is 6.66. The number of benzene rings is 1. The molecule has 0 radical (unpaired) electrons. The molecule has 0 unspecified atom stereocenters. The lowest BCUT2D eigenvalue weighted by molar-refractivity contribution is -0.118. The lowest BCUT2D eigenvalue weighted by atomic mass is 10.0. The minimum absolute atomic E-state index is 0.0661. The molecule has 1 aromatic carbocycles. The molecule has 1 aliphatic carbocycles. The quantitative estimate of drug-likeness (QED) is 0.761. The second-order valence-corrected chi connectivity index (χ2v) is 5.59. The summed E-state index contributed by atoms with van der Waals surface area (Å²) in [6.07, 6.45) is 2.09. The fourth-order valence-corrected chi connectivity index (χ4v) is 1.76. The number of rotatable bonds is 5. The summed E-state index contributed by atoms with van der Waals surface area (Å²) in [5.41, 5.74) is 6.93. The molecule has 1 saturated carbocycles. The Bertz CT molecular complexity index is 510. The molecule has 0 heterocycles. The number of hydrogen-bond acceptors (Lipinski definition) is 3. The SMILES string of the molecule is CC(C)[C@H](N)C(=O)Nc1cccc(C(=O)NC2CC2)c1. The predicted octanol–water partition coefficient (Wildman–Crippen LogP) is 1.50. The van der Waals surface area contributed by atoms with E-state index in [-0.39, 0.29) is 17.7 Å². The summed E-state index contributed by atoms with van der Waals surface area (Å²) in [5.74, 6) is -0.271. The summed E-state index contributed by atoms with van der Waals surface area (Å²) in [6.45, 7) is 3.79. The highest BCUT2D eigenvalue weighted by Gasteiger charge is 2.24. The molecule has 5 nitrogen and oxygen atoms in total. The molecule has 0 bridgehead atoms. The Balaban J connectivity index is 2.01. The Morgan fingerprint density at radius 2 is 2.00 bits per heavy atom. The number of anilines is 1. The fourth-order valence-electron chi connectivity index (χ4n) is 1.76. The van der Waals surface area contributed by atoms with E-state index in [1.165, 1.54) is 0 Å². The average Bonchev–Trinajstić information content (AvgIpc) is 3.21. The third-order valence-electron chi connectivity index (χ3n) is 3.33. The van der Waals surface area contributed by atoms with Gasteiger partial charge in [0, 0.05) is 17.3 Å². The van der Waals surface area contributed by atoms with Crippen molar-refractivity contribution in [2.45, 2.75) is 38.8 Å². The van der Waals surface area contributed by atoms with Gasteiger partial charge in [0.25, 0.3) is 5.91 Å². The molecule has 0 spiro atoms. The molecular formula is C15H21N3O2. The van der Waals surface area contributed by atoms with Crippen LogP contribution >= 0.6 is 0 Å². The van der Waals surface area contributed by atoms with Crippen LogP contribution in [0.4, 0.5) is 5.69 Å². The first kappa shape index (κ1) is 14.5. The topological polar surface area (TPSA) is 84.2 Å². The Labute approximate surface area is 118 Å². The molecule has 1 atom stereocenters. The minimum Gasteiger partial charge on any atom is -0.349 e. The van der Waals surface area contributed by atoms with Gasteiger partial charge in [-0.1, -0.05) is 19.9 Å². The van der Waals surface area contributed by atoms with Crippen LogP contribution in [0.3, 0.4) is 0 Å². The van der Waals surface area contributed by atoms with Crippen LogP contribution in [0.15, 0.2) is 24.3 Å². The van der Waals surface area contributed by atoms with Crippen molar-refractivity contribution >= 4 is 17.5 Å². The number of nitrogens with two attached hydrogens (primary N) is 1. The van der Waals surface area contributed by atoms with Gasteiger partial charge in [0.05, 0.1) is 6.04 Å². The smallest absolute Gasteiger partial charge is 0.251 e. The first-order valence-corrected chi connectivity index (χ1v) is 6.94. The zero-order valence-electron chi connectivity index (χ0n) is 11.8. The van der Waals surface area contributed by atoms with Gasteiger partial charge in [0.2, 0.25) is 5.91 Å². The van der Waals surface area contributed by atoms with Crippen molar-refractivity contribution in [1.82, 2.24) is 5.32 Å². The van der Waals surface area contributed by atoms with E-state index in [1.54, 1.807) is 24.3 Å². The van der Waals surface area contributed by atoms with Crippen molar-refractivity contribution in [2.24, 2.45) is 11.7 Å². The summed E-state index contributed by atoms with van der Waals surface area (Å²) in [4.78, 5) is 23.8. The van der Waals surface area contributed by atoms with Crippen LogP contribution < -0.4 is 16.4 Å². The number of hydrogen-bond donors (Lipinski definition) is 3. The Kier molecular flexibility index (Phi) is 4.39. The van der Waals surface area contributed by atoms with Gasteiger partial charge in [0.1, 0.15) is 0 Å². The molecule has 5 heteroatoms. The van der Waals surface area contributed by atoms with Gasteiger partial charge in [-0.25, -0.2) is 0 Å². The van der Waals surface area contributed by atoms with Crippen molar-refractivity contribution in [3.05, 3.63) is 29.8 Å². The zero-order valence-corrected chi connectivity index (χ0v) is 11.8. The standard InChI is InChI=1S/C15H21N3O2/c1-9(2)13(16)15(20)18-12-5-3-4-10(8-12)14(19)17-11-6-7-11/h3-5,8-9,11,13H,6-7,16H2,1-2H3,(H,17,19)(H,18,20)/t13-/m0/s1. The molecule has 4 N–H and O–H groups in total. The molecule has 1 aromatic rings. The molecule has 1 aliphatic rings. The lowest BCUT2D eigenvalue weighted by Crippen LogP contribution is -2.39. The van der Waals surface area contributed by atoms with E-state index >= 15 is 0 Å². The molecule has 108 valence electrons. The normalized spacial score (nSPS) is 15.8.